The summed E-state index contributed by atoms with van der Waals surface area (Å²) in [5.74, 6) is -0.151. The van der Waals surface area contributed by atoms with Crippen LogP contribution in [0.4, 0.5) is 0 Å². The standard InChI is InChI=1S/C18H18O3/c1-3-21-18(20)17-10-8-16(9-11-17)15-6-4-14(5-7-15)12-13(2)19/h4-11H,3,12H2,1-2H3. The molecule has 0 aliphatic heterocycles. The summed E-state index contributed by atoms with van der Waals surface area (Å²) >= 11 is 0. The molecule has 0 spiro atoms. The fraction of sp³-hybridized carbons (Fsp3) is 0.222. The van der Waals surface area contributed by atoms with E-state index in [9.17, 15) is 9.59 Å². The number of hydrogen-bond acceptors (Lipinski definition) is 3. The fourth-order valence-electron chi connectivity index (χ4n) is 2.12. The number of carbonyl (C=O) groups excluding carboxylic acids is 2. The monoisotopic (exact) mass is 282 g/mol. The predicted octanol–water partition coefficient (Wildman–Crippen LogP) is 3.66. The van der Waals surface area contributed by atoms with E-state index in [1.807, 2.05) is 36.4 Å². The molecule has 0 fully saturated rings. The van der Waals surface area contributed by atoms with Gasteiger partial charge in [0.05, 0.1) is 12.2 Å². The quantitative estimate of drug-likeness (QED) is 0.786. The van der Waals surface area contributed by atoms with Crippen LogP contribution in [-0.2, 0) is 16.0 Å². The van der Waals surface area contributed by atoms with Crippen molar-refractivity contribution < 1.29 is 14.3 Å². The minimum Gasteiger partial charge on any atom is -0.462 e. The fourth-order valence-corrected chi connectivity index (χ4v) is 2.12. The van der Waals surface area contributed by atoms with Gasteiger partial charge in [-0.1, -0.05) is 36.4 Å². The van der Waals surface area contributed by atoms with Crippen LogP contribution in [0.5, 0.6) is 0 Å². The van der Waals surface area contributed by atoms with E-state index in [-0.39, 0.29) is 11.8 Å². The molecule has 3 nitrogen and oxygen atoms in total. The molecule has 2 rings (SSSR count). The Labute approximate surface area is 124 Å². The molecule has 0 heterocycles. The number of ether oxygens (including phenoxy) is 1. The second kappa shape index (κ2) is 6.84. The van der Waals surface area contributed by atoms with Crippen LogP contribution in [0.1, 0.15) is 29.8 Å². The molecule has 0 atom stereocenters. The largest absolute Gasteiger partial charge is 0.462 e. The zero-order valence-corrected chi connectivity index (χ0v) is 12.3. The molecule has 2 aromatic carbocycles. The molecule has 21 heavy (non-hydrogen) atoms. The van der Waals surface area contributed by atoms with Crippen molar-refractivity contribution in [2.45, 2.75) is 20.3 Å². The Morgan fingerprint density at radius 1 is 0.905 bits per heavy atom. The Balaban J connectivity index is 2.15. The Kier molecular flexibility index (Phi) is 4.88. The first kappa shape index (κ1) is 15.0. The Morgan fingerprint density at radius 2 is 1.43 bits per heavy atom. The normalized spacial score (nSPS) is 10.2. The van der Waals surface area contributed by atoms with Crippen LogP contribution in [-0.4, -0.2) is 18.4 Å². The molecular weight excluding hydrogens is 264 g/mol. The predicted molar refractivity (Wildman–Crippen MR) is 82.2 cm³/mol. The van der Waals surface area contributed by atoms with E-state index in [4.69, 9.17) is 4.74 Å². The third-order valence-corrected chi connectivity index (χ3v) is 3.14. The van der Waals surface area contributed by atoms with Gasteiger partial charge in [0.2, 0.25) is 0 Å². The number of Topliss-reactive ketones (excluding diaryl/α,β-unsaturated/α-hetero) is 1. The van der Waals surface area contributed by atoms with Gasteiger partial charge in [-0.15, -0.1) is 0 Å². The maximum Gasteiger partial charge on any atom is 0.338 e. The van der Waals surface area contributed by atoms with Gasteiger partial charge in [-0.2, -0.15) is 0 Å². The molecule has 0 bridgehead atoms. The van der Waals surface area contributed by atoms with E-state index in [2.05, 4.69) is 0 Å². The van der Waals surface area contributed by atoms with E-state index in [1.54, 1.807) is 26.0 Å². The van der Waals surface area contributed by atoms with Crippen molar-refractivity contribution in [2.24, 2.45) is 0 Å². The molecule has 0 saturated carbocycles. The molecule has 3 heteroatoms. The zero-order valence-electron chi connectivity index (χ0n) is 12.3. The van der Waals surface area contributed by atoms with Gasteiger partial charge in [-0.05, 0) is 42.7 Å². The lowest BCUT2D eigenvalue weighted by Gasteiger charge is -2.05. The highest BCUT2D eigenvalue weighted by Crippen LogP contribution is 2.21. The highest BCUT2D eigenvalue weighted by atomic mass is 16.5. The molecule has 0 aromatic heterocycles. The van der Waals surface area contributed by atoms with Crippen LogP contribution in [0.15, 0.2) is 48.5 Å². The van der Waals surface area contributed by atoms with Crippen molar-refractivity contribution in [3.05, 3.63) is 59.7 Å². The lowest BCUT2D eigenvalue weighted by molar-refractivity contribution is -0.116. The van der Waals surface area contributed by atoms with Crippen molar-refractivity contribution in [3.8, 4) is 11.1 Å². The van der Waals surface area contributed by atoms with Gasteiger partial charge >= 0.3 is 5.97 Å². The molecule has 2 aromatic rings. The molecule has 0 radical (unpaired) electrons. The molecule has 108 valence electrons. The number of hydrogen-bond donors (Lipinski definition) is 0. The van der Waals surface area contributed by atoms with Gasteiger partial charge < -0.3 is 4.74 Å². The van der Waals surface area contributed by atoms with E-state index in [1.165, 1.54) is 0 Å². The zero-order chi connectivity index (χ0) is 15.2. The molecular formula is C18H18O3. The third kappa shape index (κ3) is 4.02. The molecule has 0 amide bonds. The summed E-state index contributed by atoms with van der Waals surface area (Å²) in [5, 5.41) is 0. The van der Waals surface area contributed by atoms with Crippen LogP contribution in [0.3, 0.4) is 0 Å². The maximum atomic E-state index is 11.6. The molecule has 0 aliphatic carbocycles. The van der Waals surface area contributed by atoms with Crippen molar-refractivity contribution in [1.82, 2.24) is 0 Å². The smallest absolute Gasteiger partial charge is 0.338 e. The lowest BCUT2D eigenvalue weighted by Crippen LogP contribution is -2.03. The van der Waals surface area contributed by atoms with Gasteiger partial charge in [0.1, 0.15) is 5.78 Å². The average Bonchev–Trinajstić information content (AvgIpc) is 2.48. The van der Waals surface area contributed by atoms with Crippen LogP contribution in [0.25, 0.3) is 11.1 Å². The number of carbonyl (C=O) groups is 2. The lowest BCUT2D eigenvalue weighted by atomic mass is 10.0. The van der Waals surface area contributed by atoms with Crippen molar-refractivity contribution in [2.75, 3.05) is 6.61 Å². The van der Waals surface area contributed by atoms with Crippen molar-refractivity contribution in [1.29, 1.82) is 0 Å². The second-order valence-electron chi connectivity index (χ2n) is 4.87. The summed E-state index contributed by atoms with van der Waals surface area (Å²) in [6.07, 6.45) is 0.460. The van der Waals surface area contributed by atoms with E-state index in [0.717, 1.165) is 16.7 Å². The van der Waals surface area contributed by atoms with Gasteiger partial charge in [-0.3, -0.25) is 4.79 Å². The molecule has 0 saturated heterocycles. The van der Waals surface area contributed by atoms with Gasteiger partial charge in [0.25, 0.3) is 0 Å². The maximum absolute atomic E-state index is 11.6. The number of rotatable bonds is 5. The number of esters is 1. The average molecular weight is 282 g/mol. The summed E-state index contributed by atoms with van der Waals surface area (Å²) in [7, 11) is 0. The second-order valence-corrected chi connectivity index (χ2v) is 4.87. The van der Waals surface area contributed by atoms with E-state index >= 15 is 0 Å². The molecule has 0 aliphatic rings. The van der Waals surface area contributed by atoms with Gasteiger partial charge in [0.15, 0.2) is 0 Å². The summed E-state index contributed by atoms with van der Waals surface area (Å²) in [6.45, 7) is 3.75. The summed E-state index contributed by atoms with van der Waals surface area (Å²) < 4.78 is 4.96. The Hall–Kier alpha value is -2.42. The van der Waals surface area contributed by atoms with Gasteiger partial charge in [-0.25, -0.2) is 4.79 Å². The Morgan fingerprint density at radius 3 is 1.90 bits per heavy atom. The molecule has 0 unspecified atom stereocenters. The summed E-state index contributed by atoms with van der Waals surface area (Å²) in [4.78, 5) is 22.7. The van der Waals surface area contributed by atoms with Crippen molar-refractivity contribution >= 4 is 11.8 Å². The van der Waals surface area contributed by atoms with E-state index < -0.39 is 0 Å². The van der Waals surface area contributed by atoms with E-state index in [0.29, 0.717) is 18.6 Å². The minimum atomic E-state index is -0.305. The van der Waals surface area contributed by atoms with Crippen LogP contribution < -0.4 is 0 Å². The first-order valence-corrected chi connectivity index (χ1v) is 6.96. The van der Waals surface area contributed by atoms with Crippen molar-refractivity contribution in [3.63, 3.8) is 0 Å². The van der Waals surface area contributed by atoms with Crippen LogP contribution in [0.2, 0.25) is 0 Å². The minimum absolute atomic E-state index is 0.154. The number of benzene rings is 2. The number of ketones is 1. The highest BCUT2D eigenvalue weighted by Gasteiger charge is 2.06. The first-order valence-electron chi connectivity index (χ1n) is 6.96. The Bertz CT molecular complexity index is 625. The molecule has 0 N–H and O–H groups in total. The first-order chi connectivity index (χ1) is 10.1. The van der Waals surface area contributed by atoms with Gasteiger partial charge in [0, 0.05) is 6.42 Å². The SMILES string of the molecule is CCOC(=O)c1ccc(-c2ccc(CC(C)=O)cc2)cc1. The summed E-state index contributed by atoms with van der Waals surface area (Å²) in [6, 6.07) is 15.2. The highest BCUT2D eigenvalue weighted by molar-refractivity contribution is 5.90. The summed E-state index contributed by atoms with van der Waals surface area (Å²) in [5.41, 5.74) is 3.64. The van der Waals surface area contributed by atoms with Crippen LogP contribution in [0, 0.1) is 0 Å². The topological polar surface area (TPSA) is 43.4 Å². The van der Waals surface area contributed by atoms with Crippen LogP contribution >= 0.6 is 0 Å². The third-order valence-electron chi connectivity index (χ3n) is 3.14.